The lowest BCUT2D eigenvalue weighted by atomic mass is 10.0. The van der Waals surface area contributed by atoms with E-state index >= 15 is 0 Å². The highest BCUT2D eigenvalue weighted by atomic mass is 16.1. The van der Waals surface area contributed by atoms with Crippen LogP contribution in [0, 0.1) is 0 Å². The number of carbonyl (C=O) groups excluding carboxylic acids is 1. The highest BCUT2D eigenvalue weighted by Crippen LogP contribution is 2.23. The molecule has 0 fully saturated rings. The summed E-state index contributed by atoms with van der Waals surface area (Å²) in [6, 6.07) is 6.49. The molecule has 0 saturated heterocycles. The van der Waals surface area contributed by atoms with Crippen LogP contribution in [0.3, 0.4) is 0 Å². The summed E-state index contributed by atoms with van der Waals surface area (Å²) in [6.07, 6.45) is 5.92. The molecule has 0 saturated carbocycles. The van der Waals surface area contributed by atoms with Gasteiger partial charge in [-0.05, 0) is 55.9 Å². The van der Waals surface area contributed by atoms with Gasteiger partial charge in [0.2, 0.25) is 0 Å². The lowest BCUT2D eigenvalue weighted by Crippen LogP contribution is -2.00. The lowest BCUT2D eigenvalue weighted by Gasteiger charge is -2.03. The Hall–Kier alpha value is -1.37. The van der Waals surface area contributed by atoms with Gasteiger partial charge in [0.15, 0.2) is 5.78 Å². The summed E-state index contributed by atoms with van der Waals surface area (Å²) in [4.78, 5) is 11.6. The zero-order chi connectivity index (χ0) is 11.5. The first kappa shape index (κ1) is 11.1. The molecular weight excluding hydrogens is 196 g/mol. The molecule has 0 radical (unpaired) electrons. The minimum Gasteiger partial charge on any atom is -0.294 e. The van der Waals surface area contributed by atoms with Crippen molar-refractivity contribution in [3.8, 4) is 0 Å². The predicted octanol–water partition coefficient (Wildman–Crippen LogP) is 3.25. The van der Waals surface area contributed by atoms with Gasteiger partial charge in [-0.15, -0.1) is 0 Å². The lowest BCUT2D eigenvalue weighted by molar-refractivity contribution is -0.114. The van der Waals surface area contributed by atoms with Gasteiger partial charge in [-0.2, -0.15) is 0 Å². The maximum Gasteiger partial charge on any atom is 0.159 e. The van der Waals surface area contributed by atoms with Gasteiger partial charge in [0.1, 0.15) is 0 Å². The monoisotopic (exact) mass is 214 g/mol. The molecule has 1 aromatic carbocycles. The fraction of sp³-hybridized carbons (Fsp3) is 0.400. The molecule has 2 rings (SSSR count). The highest BCUT2D eigenvalue weighted by Gasteiger charge is 2.11. The molecule has 1 aliphatic carbocycles. The van der Waals surface area contributed by atoms with Crippen LogP contribution in [-0.2, 0) is 24.1 Å². The van der Waals surface area contributed by atoms with Crippen LogP contribution in [0.5, 0.6) is 0 Å². The first-order chi connectivity index (χ1) is 7.65. The Balaban J connectivity index is 2.11. The van der Waals surface area contributed by atoms with Crippen LogP contribution in [0.1, 0.15) is 37.0 Å². The van der Waals surface area contributed by atoms with Gasteiger partial charge < -0.3 is 0 Å². The van der Waals surface area contributed by atoms with Crippen LogP contribution >= 0.6 is 0 Å². The van der Waals surface area contributed by atoms with E-state index in [0.29, 0.717) is 6.42 Å². The van der Waals surface area contributed by atoms with E-state index in [2.05, 4.69) is 18.2 Å². The number of ketones is 1. The number of benzene rings is 1. The van der Waals surface area contributed by atoms with E-state index in [1.807, 2.05) is 13.8 Å². The second kappa shape index (κ2) is 4.65. The normalized spacial score (nSPS) is 13.4. The van der Waals surface area contributed by atoms with Crippen molar-refractivity contribution in [2.45, 2.75) is 39.5 Å². The molecule has 0 atom stereocenters. The molecule has 0 bridgehead atoms. The summed E-state index contributed by atoms with van der Waals surface area (Å²) in [5, 5.41) is 0. The van der Waals surface area contributed by atoms with Crippen molar-refractivity contribution in [2.24, 2.45) is 0 Å². The van der Waals surface area contributed by atoms with Crippen molar-refractivity contribution in [1.29, 1.82) is 0 Å². The molecule has 0 N–H and O–H groups in total. The minimum absolute atomic E-state index is 0.206. The molecule has 0 spiro atoms. The average molecular weight is 214 g/mol. The number of aryl methyl sites for hydroxylation is 2. The number of rotatable bonds is 3. The maximum atomic E-state index is 11.6. The maximum absolute atomic E-state index is 11.6. The highest BCUT2D eigenvalue weighted by molar-refractivity contribution is 5.91. The van der Waals surface area contributed by atoms with Crippen LogP contribution in [0.4, 0.5) is 0 Å². The first-order valence-electron chi connectivity index (χ1n) is 5.93. The Morgan fingerprint density at radius 1 is 1.25 bits per heavy atom. The van der Waals surface area contributed by atoms with Crippen molar-refractivity contribution >= 4 is 5.78 Å². The van der Waals surface area contributed by atoms with E-state index in [-0.39, 0.29) is 5.78 Å². The predicted molar refractivity (Wildman–Crippen MR) is 66.6 cm³/mol. The molecule has 0 aliphatic heterocycles. The molecule has 1 heteroatoms. The van der Waals surface area contributed by atoms with E-state index < -0.39 is 0 Å². The summed E-state index contributed by atoms with van der Waals surface area (Å²) in [7, 11) is 0. The summed E-state index contributed by atoms with van der Waals surface area (Å²) >= 11 is 0. The van der Waals surface area contributed by atoms with Crippen molar-refractivity contribution in [3.63, 3.8) is 0 Å². The van der Waals surface area contributed by atoms with E-state index in [4.69, 9.17) is 0 Å². The summed E-state index contributed by atoms with van der Waals surface area (Å²) < 4.78 is 0. The number of fused-ring (bicyclic) bond motifs is 1. The van der Waals surface area contributed by atoms with Gasteiger partial charge in [-0.25, -0.2) is 0 Å². The van der Waals surface area contributed by atoms with E-state index in [1.54, 1.807) is 6.08 Å². The zero-order valence-electron chi connectivity index (χ0n) is 10.0. The standard InChI is InChI=1S/C15H18O/c1-11(2)8-15(16)10-12-6-7-13-4-3-5-14(13)9-12/h6-9H,3-5,10H2,1-2H3. The Morgan fingerprint density at radius 3 is 2.75 bits per heavy atom. The number of hydrogen-bond acceptors (Lipinski definition) is 1. The number of allylic oxidation sites excluding steroid dienone is 2. The Bertz CT molecular complexity index is 437. The van der Waals surface area contributed by atoms with Gasteiger partial charge in [-0.3, -0.25) is 4.79 Å². The van der Waals surface area contributed by atoms with Crippen molar-refractivity contribution in [2.75, 3.05) is 0 Å². The molecule has 0 heterocycles. The summed E-state index contributed by atoms with van der Waals surface area (Å²) in [5.41, 5.74) is 5.15. The molecule has 0 unspecified atom stereocenters. The van der Waals surface area contributed by atoms with Gasteiger partial charge in [-0.1, -0.05) is 23.8 Å². The van der Waals surface area contributed by atoms with E-state index in [9.17, 15) is 4.79 Å². The van der Waals surface area contributed by atoms with Crippen LogP contribution in [0.25, 0.3) is 0 Å². The molecule has 0 amide bonds. The first-order valence-corrected chi connectivity index (χ1v) is 5.93. The second-order valence-corrected chi connectivity index (χ2v) is 4.82. The topological polar surface area (TPSA) is 17.1 Å². The second-order valence-electron chi connectivity index (χ2n) is 4.82. The van der Waals surface area contributed by atoms with Crippen LogP contribution < -0.4 is 0 Å². The largest absolute Gasteiger partial charge is 0.294 e. The van der Waals surface area contributed by atoms with Gasteiger partial charge in [0.05, 0.1) is 0 Å². The van der Waals surface area contributed by atoms with Crippen LogP contribution in [0.2, 0.25) is 0 Å². The fourth-order valence-corrected chi connectivity index (χ4v) is 2.31. The molecule has 84 valence electrons. The van der Waals surface area contributed by atoms with Crippen LogP contribution in [-0.4, -0.2) is 5.78 Å². The molecule has 16 heavy (non-hydrogen) atoms. The van der Waals surface area contributed by atoms with Crippen molar-refractivity contribution in [1.82, 2.24) is 0 Å². The number of hydrogen-bond donors (Lipinski definition) is 0. The third-order valence-corrected chi connectivity index (χ3v) is 2.99. The summed E-state index contributed by atoms with van der Waals surface area (Å²) in [5.74, 6) is 0.206. The van der Waals surface area contributed by atoms with Gasteiger partial charge >= 0.3 is 0 Å². The molecule has 1 aromatic rings. The third kappa shape index (κ3) is 2.60. The fourth-order valence-electron chi connectivity index (χ4n) is 2.31. The van der Waals surface area contributed by atoms with E-state index in [0.717, 1.165) is 11.1 Å². The quantitative estimate of drug-likeness (QED) is 0.706. The zero-order valence-corrected chi connectivity index (χ0v) is 10.0. The van der Waals surface area contributed by atoms with Crippen molar-refractivity contribution in [3.05, 3.63) is 46.5 Å². The third-order valence-electron chi connectivity index (χ3n) is 2.99. The van der Waals surface area contributed by atoms with Gasteiger partial charge in [0, 0.05) is 6.42 Å². The Morgan fingerprint density at radius 2 is 2.00 bits per heavy atom. The molecular formula is C15H18O. The van der Waals surface area contributed by atoms with Crippen molar-refractivity contribution < 1.29 is 4.79 Å². The average Bonchev–Trinajstić information content (AvgIpc) is 2.63. The molecule has 1 aliphatic rings. The van der Waals surface area contributed by atoms with Gasteiger partial charge in [0.25, 0.3) is 0 Å². The Kier molecular flexibility index (Phi) is 3.23. The Labute approximate surface area is 97.2 Å². The minimum atomic E-state index is 0.206. The smallest absolute Gasteiger partial charge is 0.159 e. The van der Waals surface area contributed by atoms with Crippen LogP contribution in [0.15, 0.2) is 29.8 Å². The summed E-state index contributed by atoms with van der Waals surface area (Å²) in [6.45, 7) is 3.92. The number of carbonyl (C=O) groups is 1. The SMILES string of the molecule is CC(C)=CC(=O)Cc1ccc2c(c1)CCC2. The van der Waals surface area contributed by atoms with E-state index in [1.165, 1.54) is 30.4 Å². The molecule has 1 nitrogen and oxygen atoms in total. The molecule has 0 aromatic heterocycles.